The minimum atomic E-state index is -2.18. The fraction of sp³-hybridized carbons (Fsp3) is 0.812. The van der Waals surface area contributed by atoms with Gasteiger partial charge in [-0.25, -0.2) is 0 Å². The van der Waals surface area contributed by atoms with Crippen molar-refractivity contribution in [3.63, 3.8) is 0 Å². The van der Waals surface area contributed by atoms with Gasteiger partial charge in [0.25, 0.3) is 0 Å². The van der Waals surface area contributed by atoms with E-state index in [1.165, 1.54) is 21.5 Å². The molecule has 0 saturated heterocycles. The van der Waals surface area contributed by atoms with Crippen molar-refractivity contribution in [3.8, 4) is 11.1 Å². The Hall–Kier alpha value is -1.34. The van der Waals surface area contributed by atoms with Crippen LogP contribution in [0.25, 0.3) is 11.1 Å². The maximum Gasteiger partial charge on any atom is 0.120 e. The van der Waals surface area contributed by atoms with E-state index in [9.17, 15) is 0 Å². The van der Waals surface area contributed by atoms with Gasteiger partial charge in [0, 0.05) is 36.4 Å². The van der Waals surface area contributed by atoms with E-state index < -0.39 is 8.07 Å². The number of methoxy groups -OCH3 is 2. The van der Waals surface area contributed by atoms with E-state index in [-0.39, 0.29) is 0 Å². The fourth-order valence-corrected chi connectivity index (χ4v) is 15.5. The Morgan fingerprint density at radius 3 is 0.538 bits per heavy atom. The van der Waals surface area contributed by atoms with Crippen molar-refractivity contribution in [2.24, 2.45) is 0 Å². The van der Waals surface area contributed by atoms with E-state index in [1.807, 2.05) is 0 Å². The monoisotopic (exact) mass is 1450 g/mol. The summed E-state index contributed by atoms with van der Waals surface area (Å²) in [7, 11) is 1.12. The van der Waals surface area contributed by atoms with Gasteiger partial charge in [-0.05, 0) is 70.7 Å². The minimum Gasteiger partial charge on any atom is -0.382 e. The summed E-state index contributed by atoms with van der Waals surface area (Å²) in [5, 5.41) is 2.97. The summed E-state index contributed by atoms with van der Waals surface area (Å²) in [6.07, 6.45) is 1.91. The van der Waals surface area contributed by atoms with Gasteiger partial charge in [-0.2, -0.15) is 0 Å². The first-order valence-electron chi connectivity index (χ1n) is 32.4. The average Bonchev–Trinajstić information content (AvgIpc) is 1.58. The number of halogens is 2. The van der Waals surface area contributed by atoms with Crippen molar-refractivity contribution >= 4 is 50.3 Å². The molecule has 0 bridgehead atoms. The summed E-state index contributed by atoms with van der Waals surface area (Å²) in [5.41, 5.74) is 2.69. The molecule has 1 aliphatic heterocycles. The van der Waals surface area contributed by atoms with Crippen LogP contribution in [0.2, 0.25) is 12.1 Å². The predicted molar refractivity (Wildman–Crippen MR) is 353 cm³/mol. The second-order valence-electron chi connectivity index (χ2n) is 20.1. The molecule has 91 heavy (non-hydrogen) atoms. The zero-order chi connectivity index (χ0) is 64.5. The van der Waals surface area contributed by atoms with Gasteiger partial charge in [0.2, 0.25) is 0 Å². The normalized spacial score (nSPS) is 12.7. The van der Waals surface area contributed by atoms with Gasteiger partial charge in [-0.15, -0.1) is 0 Å². The Kier molecular flexibility index (Phi) is 59.6. The summed E-state index contributed by atoms with van der Waals surface area (Å²) in [6, 6.07) is 15.7. The summed E-state index contributed by atoms with van der Waals surface area (Å²) in [5.74, 6) is 0. The van der Waals surface area contributed by atoms with Gasteiger partial charge in [-0.3, -0.25) is 0 Å². The first-order chi connectivity index (χ1) is 45.1. The highest BCUT2D eigenvalue weighted by Crippen LogP contribution is 2.36. The minimum absolute atomic E-state index is 0.490. The molecule has 24 nitrogen and oxygen atoms in total. The Bertz CT molecular complexity index is 1750. The lowest BCUT2D eigenvalue weighted by Gasteiger charge is -2.30. The highest BCUT2D eigenvalue weighted by atomic mass is 79.9. The molecule has 0 aromatic heterocycles. The molecule has 27 heteroatoms. The van der Waals surface area contributed by atoms with E-state index in [1.54, 1.807) is 14.2 Å². The summed E-state index contributed by atoms with van der Waals surface area (Å²) >= 11 is 7.59. The molecule has 1 heterocycles. The van der Waals surface area contributed by atoms with Crippen LogP contribution in [-0.2, 0) is 114 Å². The van der Waals surface area contributed by atoms with E-state index in [0.717, 1.165) is 33.9 Å². The largest absolute Gasteiger partial charge is 0.382 e. The number of hydrogen-bond acceptors (Lipinski definition) is 24. The zero-order valence-corrected chi connectivity index (χ0v) is 59.0. The van der Waals surface area contributed by atoms with Crippen LogP contribution in [0.3, 0.4) is 0 Å². The van der Waals surface area contributed by atoms with E-state index in [0.29, 0.717) is 304 Å². The van der Waals surface area contributed by atoms with Gasteiger partial charge < -0.3 is 114 Å². The highest BCUT2D eigenvalue weighted by molar-refractivity contribution is 9.10. The third-order valence-electron chi connectivity index (χ3n) is 13.4. The summed E-state index contributed by atoms with van der Waals surface area (Å²) in [4.78, 5) is 0. The summed E-state index contributed by atoms with van der Waals surface area (Å²) < 4.78 is 135. The van der Waals surface area contributed by atoms with Crippen molar-refractivity contribution in [1.29, 1.82) is 0 Å². The molecule has 2 aromatic rings. The molecule has 0 spiro atoms. The van der Waals surface area contributed by atoms with Crippen LogP contribution >= 0.6 is 31.9 Å². The van der Waals surface area contributed by atoms with Crippen LogP contribution in [0.15, 0.2) is 45.3 Å². The highest BCUT2D eigenvalue weighted by Gasteiger charge is 2.44. The molecule has 0 fully saturated rings. The van der Waals surface area contributed by atoms with Crippen LogP contribution in [0.4, 0.5) is 0 Å². The molecule has 0 unspecified atom stereocenters. The van der Waals surface area contributed by atoms with Crippen molar-refractivity contribution in [2.75, 3.05) is 318 Å². The molecule has 0 amide bonds. The van der Waals surface area contributed by atoms with Crippen LogP contribution < -0.4 is 10.4 Å². The molecule has 0 atom stereocenters. The molecular weight excluding hydrogens is 1340 g/mol. The molecule has 3 rings (SSSR count). The smallest absolute Gasteiger partial charge is 0.120 e. The van der Waals surface area contributed by atoms with Gasteiger partial charge in [0.05, 0.1) is 291 Å². The Morgan fingerprint density at radius 2 is 0.374 bits per heavy atom. The van der Waals surface area contributed by atoms with Crippen molar-refractivity contribution in [1.82, 2.24) is 0 Å². The van der Waals surface area contributed by atoms with Crippen LogP contribution in [0.5, 0.6) is 0 Å². The fourth-order valence-electron chi connectivity index (χ4n) is 8.94. The van der Waals surface area contributed by atoms with Crippen LogP contribution in [0.1, 0.15) is 12.8 Å². The van der Waals surface area contributed by atoms with E-state index in [2.05, 4.69) is 68.3 Å². The van der Waals surface area contributed by atoms with E-state index in [4.69, 9.17) is 114 Å². The SMILES string of the molecule is COCCOCCOCCOCCOCCOCCOCCOCCOCCOCCOCCOCCC[Si]1(CCCOCCOCCOCCOCCOCCOCCOCCOCCOCCOCCOCCOC)c2cc(Br)ccc2-c2ccc(Br)cc21. The van der Waals surface area contributed by atoms with Crippen molar-refractivity contribution < 1.29 is 114 Å². The van der Waals surface area contributed by atoms with Gasteiger partial charge in [0.15, 0.2) is 0 Å². The predicted octanol–water partition coefficient (Wildman–Crippen LogP) is 5.19. The maximum absolute atomic E-state index is 6.11. The molecule has 2 aromatic carbocycles. The zero-order valence-electron chi connectivity index (χ0n) is 54.9. The summed E-state index contributed by atoms with van der Waals surface area (Å²) in [6.45, 7) is 23.9. The topological polar surface area (TPSA) is 222 Å². The third-order valence-corrected chi connectivity index (χ3v) is 19.7. The second kappa shape index (κ2) is 64.6. The standard InChI is InChI=1S/C64H112Br2O24Si/c1-67-11-13-71-19-21-75-27-29-79-35-37-83-43-45-87-51-53-89-49-47-85-41-39-81-33-31-77-25-23-73-17-15-69-9-3-55-91(63-57-59(65)5-7-61(63)62-8-6-60(66)58-64(62)91)56-4-10-70-16-18-74-24-26-78-32-34-82-40-42-86-48-50-90-54-52-88-46-44-84-38-36-80-30-28-76-22-20-72-14-12-68-2/h5-8,57-58H,3-4,9-56H2,1-2H3. The molecule has 0 aliphatic carbocycles. The number of hydrogen-bond donors (Lipinski definition) is 0. The lowest BCUT2D eigenvalue weighted by molar-refractivity contribution is -0.0280. The average molecular weight is 1450 g/mol. The lowest BCUT2D eigenvalue weighted by atomic mass is 10.1. The number of fused-ring (bicyclic) bond motifs is 3. The number of ether oxygens (including phenoxy) is 24. The van der Waals surface area contributed by atoms with Gasteiger partial charge in [-0.1, -0.05) is 44.0 Å². The maximum atomic E-state index is 6.11. The van der Waals surface area contributed by atoms with Crippen molar-refractivity contribution in [3.05, 3.63) is 45.3 Å². The van der Waals surface area contributed by atoms with Crippen molar-refractivity contribution in [2.45, 2.75) is 24.9 Å². The number of benzene rings is 2. The quantitative estimate of drug-likeness (QED) is 0.0614. The second-order valence-corrected chi connectivity index (χ2v) is 26.2. The molecule has 0 saturated carbocycles. The lowest BCUT2D eigenvalue weighted by Crippen LogP contribution is -2.55. The number of rotatable bonds is 74. The molecular formula is C64H112Br2O24Si. The molecule has 530 valence electrons. The molecule has 1 aliphatic rings. The van der Waals surface area contributed by atoms with Gasteiger partial charge in [0.1, 0.15) is 8.07 Å². The van der Waals surface area contributed by atoms with E-state index >= 15 is 0 Å². The first kappa shape index (κ1) is 83.9. The third kappa shape index (κ3) is 47.3. The van der Waals surface area contributed by atoms with Crippen LogP contribution in [0, 0.1) is 0 Å². The Morgan fingerprint density at radius 1 is 0.220 bits per heavy atom. The molecule has 0 radical (unpaired) electrons. The van der Waals surface area contributed by atoms with Gasteiger partial charge >= 0.3 is 0 Å². The Labute approximate surface area is 560 Å². The van der Waals surface area contributed by atoms with Crippen LogP contribution in [-0.4, -0.2) is 326 Å². The molecule has 0 N–H and O–H groups in total. The first-order valence-corrected chi connectivity index (χ1v) is 36.4. The Balaban J connectivity index is 1.07.